The highest BCUT2D eigenvalue weighted by molar-refractivity contribution is 7.80. The molecule has 0 aliphatic heterocycles. The molecule has 1 aromatic heterocycles. The summed E-state index contributed by atoms with van der Waals surface area (Å²) in [4.78, 5) is 9.79. The molecule has 0 radical (unpaired) electrons. The Morgan fingerprint density at radius 1 is 1.82 bits per heavy atom. The second kappa shape index (κ2) is 3.38. The summed E-state index contributed by atoms with van der Waals surface area (Å²) in [5.41, 5.74) is 0.602. The lowest BCUT2D eigenvalue weighted by Crippen LogP contribution is -1.93. The first kappa shape index (κ1) is 8.06. The van der Waals surface area contributed by atoms with Crippen LogP contribution in [-0.4, -0.2) is 20.9 Å². The highest BCUT2D eigenvalue weighted by atomic mass is 32.1. The van der Waals surface area contributed by atoms with E-state index < -0.39 is 4.92 Å². The molecule has 0 saturated heterocycles. The van der Waals surface area contributed by atoms with Crippen molar-refractivity contribution in [3.8, 4) is 0 Å². The van der Waals surface area contributed by atoms with E-state index in [1.165, 1.54) is 6.20 Å². The molecule has 0 unspecified atom stereocenters. The third-order valence-corrected chi connectivity index (χ3v) is 1.48. The molecule has 0 saturated carbocycles. The van der Waals surface area contributed by atoms with E-state index in [4.69, 9.17) is 0 Å². The highest BCUT2D eigenvalue weighted by Crippen LogP contribution is 2.13. The quantitative estimate of drug-likeness (QED) is 0.403. The summed E-state index contributed by atoms with van der Waals surface area (Å²) in [6.07, 6.45) is 2.02. The summed E-state index contributed by atoms with van der Waals surface area (Å²) in [6.45, 7) is 0. The van der Waals surface area contributed by atoms with E-state index >= 15 is 0 Å². The third kappa shape index (κ3) is 1.70. The normalized spacial score (nSPS) is 9.91. The van der Waals surface area contributed by atoms with Crippen LogP contribution in [0.15, 0.2) is 6.20 Å². The van der Waals surface area contributed by atoms with Crippen molar-refractivity contribution >= 4 is 18.4 Å². The number of rotatable bonds is 3. The van der Waals surface area contributed by atoms with Gasteiger partial charge in [-0.15, -0.1) is 5.10 Å². The average Bonchev–Trinajstić information content (AvgIpc) is 2.36. The summed E-state index contributed by atoms with van der Waals surface area (Å²) in [6, 6.07) is 0. The number of nitro groups is 1. The zero-order valence-corrected chi connectivity index (χ0v) is 6.54. The molecule has 1 aromatic rings. The molecule has 1 N–H and O–H groups in total. The number of aromatic amines is 1. The second-order valence-corrected chi connectivity index (χ2v) is 2.42. The maximum absolute atomic E-state index is 10.3. The topological polar surface area (TPSA) is 71.8 Å². The van der Waals surface area contributed by atoms with Crippen molar-refractivity contribution in [3.05, 3.63) is 21.9 Å². The Hall–Kier alpha value is -1.04. The molecular weight excluding hydrogens is 166 g/mol. The number of aryl methyl sites for hydroxylation is 1. The van der Waals surface area contributed by atoms with Gasteiger partial charge in [-0.25, -0.2) is 0 Å². The van der Waals surface area contributed by atoms with Gasteiger partial charge in [-0.05, 0) is 17.1 Å². The fraction of sp³-hybridized carbons (Fsp3) is 0.400. The molecule has 0 aliphatic rings. The predicted molar refractivity (Wildman–Crippen MR) is 42.8 cm³/mol. The Labute approximate surface area is 68.4 Å². The lowest BCUT2D eigenvalue weighted by molar-refractivity contribution is -0.390. The summed E-state index contributed by atoms with van der Waals surface area (Å²) in [5, 5.41) is 16.1. The van der Waals surface area contributed by atoms with Gasteiger partial charge < -0.3 is 10.1 Å². The average molecular weight is 173 g/mol. The molecule has 60 valence electrons. The van der Waals surface area contributed by atoms with E-state index in [2.05, 4.69) is 22.8 Å². The largest absolute Gasteiger partial charge is 0.358 e. The van der Waals surface area contributed by atoms with Gasteiger partial charge in [0, 0.05) is 0 Å². The minimum atomic E-state index is -0.480. The zero-order valence-electron chi connectivity index (χ0n) is 5.65. The van der Waals surface area contributed by atoms with Crippen molar-refractivity contribution in [3.63, 3.8) is 0 Å². The Morgan fingerprint density at radius 3 is 3.09 bits per heavy atom. The Kier molecular flexibility index (Phi) is 2.48. The number of hydrogen-bond acceptors (Lipinski definition) is 4. The number of thiol groups is 1. The van der Waals surface area contributed by atoms with E-state index in [1.807, 2.05) is 0 Å². The molecule has 0 spiro atoms. The van der Waals surface area contributed by atoms with Crippen LogP contribution in [0.25, 0.3) is 0 Å². The Balaban J connectivity index is 2.87. The van der Waals surface area contributed by atoms with Crippen molar-refractivity contribution in [2.45, 2.75) is 6.42 Å². The van der Waals surface area contributed by atoms with E-state index in [-0.39, 0.29) is 5.82 Å². The van der Waals surface area contributed by atoms with Gasteiger partial charge in [0.05, 0.1) is 11.8 Å². The minimum Gasteiger partial charge on any atom is -0.358 e. The van der Waals surface area contributed by atoms with Crippen LogP contribution in [-0.2, 0) is 6.42 Å². The van der Waals surface area contributed by atoms with Gasteiger partial charge in [0.25, 0.3) is 0 Å². The van der Waals surface area contributed by atoms with Crippen LogP contribution in [0.5, 0.6) is 0 Å². The third-order valence-electron chi connectivity index (χ3n) is 1.26. The molecule has 0 aliphatic carbocycles. The lowest BCUT2D eigenvalue weighted by Gasteiger charge is -1.92. The molecule has 0 atom stereocenters. The molecule has 11 heavy (non-hydrogen) atoms. The maximum atomic E-state index is 10.3. The second-order valence-electron chi connectivity index (χ2n) is 1.97. The first-order valence-corrected chi connectivity index (χ1v) is 3.66. The Morgan fingerprint density at radius 2 is 2.55 bits per heavy atom. The van der Waals surface area contributed by atoms with Crippen LogP contribution in [0, 0.1) is 10.1 Å². The molecule has 0 amide bonds. The van der Waals surface area contributed by atoms with E-state index in [9.17, 15) is 10.1 Å². The predicted octanol–water partition coefficient (Wildman–Crippen LogP) is 0.790. The molecule has 0 fully saturated rings. The first-order chi connectivity index (χ1) is 5.25. The van der Waals surface area contributed by atoms with Gasteiger partial charge in [-0.1, -0.05) is 5.10 Å². The van der Waals surface area contributed by atoms with Crippen LogP contribution in [0.1, 0.15) is 5.56 Å². The molecule has 1 rings (SSSR count). The first-order valence-electron chi connectivity index (χ1n) is 3.03. The molecule has 0 aromatic carbocycles. The van der Waals surface area contributed by atoms with Crippen LogP contribution in [0.2, 0.25) is 0 Å². The summed E-state index contributed by atoms with van der Waals surface area (Å²) >= 11 is 3.96. The number of nitrogens with zero attached hydrogens (tertiary/aromatic N) is 2. The SMILES string of the molecule is O=[N+]([O-])c1[nH]ncc1CCS. The zero-order chi connectivity index (χ0) is 8.27. The number of nitrogens with one attached hydrogen (secondary N) is 1. The fourth-order valence-electron chi connectivity index (χ4n) is 0.766. The van der Waals surface area contributed by atoms with E-state index in [1.54, 1.807) is 0 Å². The minimum absolute atomic E-state index is 0.0287. The van der Waals surface area contributed by atoms with Crippen molar-refractivity contribution in [1.82, 2.24) is 10.2 Å². The van der Waals surface area contributed by atoms with E-state index in [0.717, 1.165) is 0 Å². The monoisotopic (exact) mass is 173 g/mol. The van der Waals surface area contributed by atoms with Crippen molar-refractivity contribution in [1.29, 1.82) is 0 Å². The molecule has 1 heterocycles. The van der Waals surface area contributed by atoms with Gasteiger partial charge in [-0.3, -0.25) is 0 Å². The van der Waals surface area contributed by atoms with Crippen LogP contribution >= 0.6 is 12.6 Å². The smallest absolute Gasteiger partial charge is 0.345 e. The number of hydrogen-bond donors (Lipinski definition) is 2. The number of H-pyrrole nitrogens is 1. The van der Waals surface area contributed by atoms with Crippen molar-refractivity contribution < 1.29 is 4.92 Å². The van der Waals surface area contributed by atoms with Gasteiger partial charge in [0.2, 0.25) is 0 Å². The van der Waals surface area contributed by atoms with Crippen LogP contribution in [0.3, 0.4) is 0 Å². The van der Waals surface area contributed by atoms with Crippen molar-refractivity contribution in [2.75, 3.05) is 5.75 Å². The number of aromatic nitrogens is 2. The fourth-order valence-corrected chi connectivity index (χ4v) is 1.01. The van der Waals surface area contributed by atoms with Gasteiger partial charge in [-0.2, -0.15) is 12.6 Å². The molecular formula is C5H7N3O2S. The summed E-state index contributed by atoms with van der Waals surface area (Å²) < 4.78 is 0. The molecule has 0 bridgehead atoms. The Bertz CT molecular complexity index is 260. The lowest BCUT2D eigenvalue weighted by atomic mass is 10.2. The molecule has 6 heteroatoms. The van der Waals surface area contributed by atoms with Gasteiger partial charge in [0.15, 0.2) is 0 Å². The maximum Gasteiger partial charge on any atom is 0.345 e. The standard InChI is InChI=1S/C5H7N3O2S/c9-8(10)5-4(1-2-11)3-6-7-5/h3,11H,1-2H2,(H,6,7). The van der Waals surface area contributed by atoms with Crippen molar-refractivity contribution in [2.24, 2.45) is 0 Å². The summed E-state index contributed by atoms with van der Waals surface area (Å²) in [7, 11) is 0. The van der Waals surface area contributed by atoms with Crippen LogP contribution < -0.4 is 0 Å². The summed E-state index contributed by atoms with van der Waals surface area (Å²) in [5.74, 6) is 0.555. The highest BCUT2D eigenvalue weighted by Gasteiger charge is 2.12. The van der Waals surface area contributed by atoms with Crippen LogP contribution in [0.4, 0.5) is 5.82 Å². The van der Waals surface area contributed by atoms with E-state index in [0.29, 0.717) is 17.7 Å². The molecule has 5 nitrogen and oxygen atoms in total. The van der Waals surface area contributed by atoms with Gasteiger partial charge >= 0.3 is 5.82 Å². The van der Waals surface area contributed by atoms with Gasteiger partial charge in [0.1, 0.15) is 0 Å².